The van der Waals surface area contributed by atoms with Gasteiger partial charge < -0.3 is 4.74 Å². The van der Waals surface area contributed by atoms with E-state index >= 15 is 0 Å². The number of pyridine rings is 1. The highest BCUT2D eigenvalue weighted by Crippen LogP contribution is 2.44. The molecule has 1 aliphatic heterocycles. The Bertz CT molecular complexity index is 3650. The van der Waals surface area contributed by atoms with Crippen molar-refractivity contribution < 1.29 is 13.9 Å². The number of benzene rings is 6. The summed E-state index contributed by atoms with van der Waals surface area (Å²) < 4.78 is 13.6. The Morgan fingerprint density at radius 2 is 1.00 bits per heavy atom. The SMILES string of the molecule is CC(C)(C)c1ccc(-c2cccc(-c3ccc(C(C)(C)C)cc3)c2[N+]2=C=[N+](c3cccc(Oc4cc5c(cc4-c4nc(C(C)(C)C)nc(C(C)(C)C)n4)c4cc(C(C)(C)C)ccc4n5-c4ccccn4)c3)C=C2)cc1. The van der Waals surface area contributed by atoms with Crippen molar-refractivity contribution in [1.29, 1.82) is 0 Å². The Hall–Kier alpha value is -7.80. The molecule has 0 saturated carbocycles. The highest BCUT2D eigenvalue weighted by atomic mass is 16.5. The molecule has 378 valence electrons. The van der Waals surface area contributed by atoms with Gasteiger partial charge in [0.15, 0.2) is 5.82 Å². The van der Waals surface area contributed by atoms with Gasteiger partial charge in [-0.1, -0.05) is 186 Å². The van der Waals surface area contributed by atoms with Crippen molar-refractivity contribution >= 4 is 39.2 Å². The van der Waals surface area contributed by atoms with Gasteiger partial charge in [-0.25, -0.2) is 19.9 Å². The summed E-state index contributed by atoms with van der Waals surface area (Å²) in [5, 5.41) is 2.17. The number of rotatable bonds is 8. The Kier molecular flexibility index (Phi) is 12.5. The molecule has 9 aromatic rings. The van der Waals surface area contributed by atoms with Gasteiger partial charge in [-0.05, 0) is 92.6 Å². The lowest BCUT2D eigenvalue weighted by molar-refractivity contribution is -0.386. The number of para-hydroxylation sites is 1. The number of hydrogen-bond donors (Lipinski definition) is 0. The molecule has 0 radical (unpaired) electrons. The molecule has 4 heterocycles. The standard InChI is InChI=1S/C67H71N7O/c1-63(2,3)45-29-25-43(26-30-45)50-22-19-23-51(44-27-31-46(32-28-44)64(4,5)6)59(50)73-37-36-72(42-73)48-20-18-21-49(39-48)75-57-41-56-53(40-54(57)60-69-61(66(10,11)12)71-62(70-60)67(13,14)15)52-38-47(65(7,8)9)33-34-55(52)74(56)58-24-16-17-35-68-58/h16-41H,1-15H3/q+2. The minimum atomic E-state index is -0.340. The van der Waals surface area contributed by atoms with Crippen molar-refractivity contribution in [1.82, 2.24) is 24.5 Å². The fourth-order valence-corrected chi connectivity index (χ4v) is 9.65. The molecule has 3 aromatic heterocycles. The van der Waals surface area contributed by atoms with E-state index in [0.717, 1.165) is 78.5 Å². The Labute approximate surface area is 443 Å². The summed E-state index contributed by atoms with van der Waals surface area (Å²) in [5.74, 6) is 4.09. The summed E-state index contributed by atoms with van der Waals surface area (Å²) in [6.45, 7) is 33.2. The maximum atomic E-state index is 7.19. The van der Waals surface area contributed by atoms with Crippen molar-refractivity contribution in [2.75, 3.05) is 0 Å². The van der Waals surface area contributed by atoms with Crippen molar-refractivity contribution in [2.24, 2.45) is 0 Å². The third kappa shape index (κ3) is 10.1. The van der Waals surface area contributed by atoms with Crippen LogP contribution in [0.25, 0.3) is 61.3 Å². The molecule has 0 amide bonds. The topological polar surface area (TPSA) is 71.7 Å². The van der Waals surface area contributed by atoms with Crippen LogP contribution in [-0.4, -0.2) is 39.7 Å². The van der Waals surface area contributed by atoms with E-state index in [-0.39, 0.29) is 27.1 Å². The van der Waals surface area contributed by atoms with E-state index in [0.29, 0.717) is 17.3 Å². The van der Waals surface area contributed by atoms with E-state index in [1.165, 1.54) is 16.7 Å². The molecule has 0 atom stereocenters. The highest BCUT2D eigenvalue weighted by molar-refractivity contribution is 6.11. The average Bonchev–Trinajstić information content (AvgIpc) is 3.98. The van der Waals surface area contributed by atoms with Crippen molar-refractivity contribution in [2.45, 2.75) is 131 Å². The molecule has 0 saturated heterocycles. The molecule has 0 fully saturated rings. The van der Waals surface area contributed by atoms with Crippen LogP contribution in [0.3, 0.4) is 0 Å². The zero-order chi connectivity index (χ0) is 53.4. The molecule has 8 nitrogen and oxygen atoms in total. The second kappa shape index (κ2) is 18.5. The van der Waals surface area contributed by atoms with Gasteiger partial charge in [0, 0.05) is 39.9 Å². The molecule has 10 rings (SSSR count). The van der Waals surface area contributed by atoms with Gasteiger partial charge in [-0.15, -0.1) is 0 Å². The second-order valence-electron chi connectivity index (χ2n) is 25.3. The first kappa shape index (κ1) is 50.7. The van der Waals surface area contributed by atoms with Crippen molar-refractivity contribution in [3.8, 4) is 51.0 Å². The largest absolute Gasteiger partial charge is 0.501 e. The van der Waals surface area contributed by atoms with Crippen LogP contribution in [0.2, 0.25) is 0 Å². The van der Waals surface area contributed by atoms with Crippen LogP contribution < -0.4 is 4.74 Å². The molecule has 0 aliphatic carbocycles. The minimum absolute atomic E-state index is 0.0405. The predicted molar refractivity (Wildman–Crippen MR) is 309 cm³/mol. The molecular formula is C67H71N7O+2. The summed E-state index contributed by atoms with van der Waals surface area (Å²) in [6, 6.07) is 53.7. The number of nitrogens with zero attached hydrogens (tertiary/aromatic N) is 7. The van der Waals surface area contributed by atoms with Gasteiger partial charge in [-0.3, -0.25) is 4.57 Å². The van der Waals surface area contributed by atoms with Crippen LogP contribution in [0.15, 0.2) is 158 Å². The first-order valence-corrected chi connectivity index (χ1v) is 26.3. The molecule has 1 aliphatic rings. The lowest BCUT2D eigenvalue weighted by Gasteiger charge is -2.23. The van der Waals surface area contributed by atoms with Crippen LogP contribution in [-0.2, 0) is 27.1 Å². The summed E-state index contributed by atoms with van der Waals surface area (Å²) in [4.78, 5) is 20.4. The summed E-state index contributed by atoms with van der Waals surface area (Å²) >= 11 is 0. The quantitative estimate of drug-likeness (QED) is 0.142. The van der Waals surface area contributed by atoms with Gasteiger partial charge in [0.05, 0.1) is 33.8 Å². The van der Waals surface area contributed by atoms with Gasteiger partial charge in [0.25, 0.3) is 12.4 Å². The lowest BCUT2D eigenvalue weighted by atomic mass is 9.85. The molecule has 0 spiro atoms. The molecule has 6 aromatic carbocycles. The van der Waals surface area contributed by atoms with Crippen LogP contribution >= 0.6 is 0 Å². The fraction of sp³-hybridized carbons (Fsp3) is 0.299. The first-order chi connectivity index (χ1) is 35.3. The summed E-state index contributed by atoms with van der Waals surface area (Å²) in [6.07, 6.45) is 6.00. The maximum absolute atomic E-state index is 7.19. The second-order valence-corrected chi connectivity index (χ2v) is 25.3. The fourth-order valence-electron chi connectivity index (χ4n) is 9.65. The van der Waals surface area contributed by atoms with E-state index in [2.05, 4.69) is 247 Å². The Balaban J connectivity index is 1.15. The van der Waals surface area contributed by atoms with Gasteiger partial charge in [0.1, 0.15) is 29.0 Å². The summed E-state index contributed by atoms with van der Waals surface area (Å²) in [7, 11) is 0. The zero-order valence-electron chi connectivity index (χ0n) is 46.5. The van der Waals surface area contributed by atoms with E-state index < -0.39 is 0 Å². The van der Waals surface area contributed by atoms with Gasteiger partial charge >= 0.3 is 6.01 Å². The summed E-state index contributed by atoms with van der Waals surface area (Å²) in [5.41, 5.74) is 12.4. The monoisotopic (exact) mass is 990 g/mol. The Morgan fingerprint density at radius 1 is 0.453 bits per heavy atom. The van der Waals surface area contributed by atoms with Crippen LogP contribution in [0.1, 0.15) is 132 Å². The highest BCUT2D eigenvalue weighted by Gasteiger charge is 2.31. The van der Waals surface area contributed by atoms with Crippen LogP contribution in [0.5, 0.6) is 11.5 Å². The minimum Gasteiger partial charge on any atom is -0.456 e. The molecule has 0 N–H and O–H groups in total. The molecule has 8 heteroatoms. The number of fused-ring (bicyclic) bond motifs is 3. The van der Waals surface area contributed by atoms with E-state index in [4.69, 9.17) is 24.7 Å². The van der Waals surface area contributed by atoms with E-state index in [9.17, 15) is 0 Å². The van der Waals surface area contributed by atoms with Crippen LogP contribution in [0.4, 0.5) is 11.4 Å². The van der Waals surface area contributed by atoms with Crippen LogP contribution in [0, 0.1) is 0 Å². The molecule has 0 bridgehead atoms. The number of ether oxygens (including phenoxy) is 1. The molecular weight excluding hydrogens is 919 g/mol. The van der Waals surface area contributed by atoms with E-state index in [1.807, 2.05) is 35.0 Å². The first-order valence-electron chi connectivity index (χ1n) is 26.3. The average molecular weight is 990 g/mol. The lowest BCUT2D eigenvalue weighted by Crippen LogP contribution is -2.24. The normalized spacial score (nSPS) is 13.4. The third-order valence-corrected chi connectivity index (χ3v) is 14.1. The van der Waals surface area contributed by atoms with Crippen molar-refractivity contribution in [3.63, 3.8) is 0 Å². The zero-order valence-corrected chi connectivity index (χ0v) is 46.5. The van der Waals surface area contributed by atoms with Gasteiger partial charge in [0.2, 0.25) is 11.4 Å². The maximum Gasteiger partial charge on any atom is 0.501 e. The third-order valence-electron chi connectivity index (χ3n) is 14.1. The molecule has 0 unspecified atom stereocenters. The number of aromatic nitrogens is 5. The predicted octanol–water partition coefficient (Wildman–Crippen LogP) is 17.3. The van der Waals surface area contributed by atoms with E-state index in [1.54, 1.807) is 0 Å². The van der Waals surface area contributed by atoms with Crippen molar-refractivity contribution in [3.05, 3.63) is 186 Å². The molecule has 75 heavy (non-hydrogen) atoms. The Morgan fingerprint density at radius 3 is 1.55 bits per heavy atom. The van der Waals surface area contributed by atoms with Gasteiger partial charge in [-0.2, -0.15) is 0 Å². The number of hydrogen-bond acceptors (Lipinski definition) is 5. The smallest absolute Gasteiger partial charge is 0.456 e.